The Labute approximate surface area is 391 Å². The van der Waals surface area contributed by atoms with Gasteiger partial charge in [-0.1, -0.05) is 12.1 Å². The lowest BCUT2D eigenvalue weighted by Crippen LogP contribution is -2.52. The second kappa shape index (κ2) is 18.4. The van der Waals surface area contributed by atoms with Gasteiger partial charge in [-0.2, -0.15) is 18.0 Å². The molecule has 3 amide bonds. The van der Waals surface area contributed by atoms with Crippen LogP contribution in [0.25, 0.3) is 16.6 Å². The van der Waals surface area contributed by atoms with Gasteiger partial charge in [0.2, 0.25) is 11.8 Å². The minimum Gasteiger partial charge on any atom is -0.453 e. The van der Waals surface area contributed by atoms with Crippen LogP contribution in [0, 0.1) is 23.1 Å². The molecule has 19 heteroatoms. The summed E-state index contributed by atoms with van der Waals surface area (Å²) in [6, 6.07) is 21.5. The van der Waals surface area contributed by atoms with Crippen LogP contribution in [-0.2, 0) is 26.3 Å². The fourth-order valence-corrected chi connectivity index (χ4v) is 11.6. The van der Waals surface area contributed by atoms with Crippen molar-refractivity contribution >= 4 is 50.2 Å². The van der Waals surface area contributed by atoms with Crippen molar-refractivity contribution in [2.75, 3.05) is 55.4 Å². The number of nitrogens with zero attached hydrogens (tertiary/aromatic N) is 7. The summed E-state index contributed by atoms with van der Waals surface area (Å²) in [5.74, 6) is -1.32. The first-order valence-electron chi connectivity index (χ1n) is 23.0. The van der Waals surface area contributed by atoms with Gasteiger partial charge in [-0.05, 0) is 135 Å². The summed E-state index contributed by atoms with van der Waals surface area (Å²) < 4.78 is 65.2. The van der Waals surface area contributed by atoms with Crippen molar-refractivity contribution in [2.24, 2.45) is 5.92 Å². The summed E-state index contributed by atoms with van der Waals surface area (Å²) in [5.41, 5.74) is 3.76. The highest BCUT2D eigenvalue weighted by molar-refractivity contribution is 7.90. The number of nitriles is 1. The second-order valence-corrected chi connectivity index (χ2v) is 20.0. The Balaban J connectivity index is 0.733. The SMILES string of the molecule is N#Cc1c(NS(=O)(=O)N2CCC(F)C2)ccc(F)c1Oc1ccc2ncn(-c3ccc(N4CCC(CN5CCC(c6ccc7c(c6)CN(C6CCC(=O)NC6=O)C7=O)CC5)CC4)cc3)c(=O)c2c1. The van der Waals surface area contributed by atoms with E-state index in [1.54, 1.807) is 11.0 Å². The lowest BCUT2D eigenvalue weighted by Gasteiger charge is -2.38. The number of alkyl halides is 1. The van der Waals surface area contributed by atoms with Crippen LogP contribution in [0.15, 0.2) is 83.9 Å². The largest absolute Gasteiger partial charge is 0.453 e. The quantitative estimate of drug-likeness (QED) is 0.154. The number of nitrogens with one attached hydrogen (secondary N) is 2. The molecule has 5 aromatic rings. The number of piperidine rings is 3. The fraction of sp³-hybridized carbons (Fsp3) is 0.388. The lowest BCUT2D eigenvalue weighted by atomic mass is 9.87. The topological polar surface area (TPSA) is 190 Å². The van der Waals surface area contributed by atoms with Crippen LogP contribution in [0.4, 0.5) is 20.2 Å². The molecule has 0 spiro atoms. The zero-order chi connectivity index (χ0) is 47.3. The molecule has 352 valence electrons. The van der Waals surface area contributed by atoms with E-state index in [0.717, 1.165) is 86.1 Å². The number of hydrogen-bond donors (Lipinski definition) is 2. The molecular formula is C49H49F2N9O7S. The predicted octanol–water partition coefficient (Wildman–Crippen LogP) is 5.75. The summed E-state index contributed by atoms with van der Waals surface area (Å²) >= 11 is 0. The fourth-order valence-electron chi connectivity index (χ4n) is 10.3. The van der Waals surface area contributed by atoms with Crippen LogP contribution in [0.5, 0.6) is 11.5 Å². The van der Waals surface area contributed by atoms with E-state index in [1.807, 2.05) is 30.3 Å². The lowest BCUT2D eigenvalue weighted by molar-refractivity contribution is -0.136. The van der Waals surface area contributed by atoms with E-state index in [-0.39, 0.29) is 54.6 Å². The van der Waals surface area contributed by atoms with Gasteiger partial charge < -0.3 is 19.4 Å². The van der Waals surface area contributed by atoms with Crippen molar-refractivity contribution in [2.45, 2.75) is 69.6 Å². The average Bonchev–Trinajstić information content (AvgIpc) is 3.93. The van der Waals surface area contributed by atoms with Gasteiger partial charge in [-0.3, -0.25) is 33.8 Å². The normalized spacial score (nSPS) is 21.0. The third-order valence-corrected chi connectivity index (χ3v) is 15.6. The number of fused-ring (bicyclic) bond motifs is 2. The monoisotopic (exact) mass is 945 g/mol. The second-order valence-electron chi connectivity index (χ2n) is 18.3. The molecule has 6 heterocycles. The number of imide groups is 1. The van der Waals surface area contributed by atoms with Crippen LogP contribution in [0.2, 0.25) is 0 Å². The smallest absolute Gasteiger partial charge is 0.301 e. The van der Waals surface area contributed by atoms with E-state index in [2.05, 4.69) is 37.0 Å². The number of carbonyl (C=O) groups is 3. The molecule has 10 rings (SSSR count). The van der Waals surface area contributed by atoms with E-state index in [1.165, 1.54) is 34.7 Å². The Hall–Kier alpha value is -6.75. The molecule has 0 bridgehead atoms. The molecule has 4 fully saturated rings. The number of halogens is 2. The van der Waals surface area contributed by atoms with Gasteiger partial charge >= 0.3 is 10.2 Å². The first-order chi connectivity index (χ1) is 32.8. The summed E-state index contributed by atoms with van der Waals surface area (Å²) in [4.78, 5) is 62.2. The number of rotatable bonds is 11. The molecule has 0 saturated carbocycles. The molecule has 2 N–H and O–H groups in total. The molecule has 4 saturated heterocycles. The maximum Gasteiger partial charge on any atom is 0.301 e. The number of anilines is 2. The molecule has 1 aromatic heterocycles. The molecule has 2 atom stereocenters. The molecule has 68 heavy (non-hydrogen) atoms. The van der Waals surface area contributed by atoms with Gasteiger partial charge in [-0.15, -0.1) is 0 Å². The Morgan fingerprint density at radius 2 is 1.63 bits per heavy atom. The number of hydrogen-bond acceptors (Lipinski definition) is 11. The third kappa shape index (κ3) is 8.91. The highest BCUT2D eigenvalue weighted by Crippen LogP contribution is 2.37. The highest BCUT2D eigenvalue weighted by atomic mass is 32.2. The van der Waals surface area contributed by atoms with Gasteiger partial charge in [0, 0.05) is 56.9 Å². The van der Waals surface area contributed by atoms with Gasteiger partial charge in [0.25, 0.3) is 11.5 Å². The highest BCUT2D eigenvalue weighted by Gasteiger charge is 2.40. The Morgan fingerprint density at radius 3 is 2.35 bits per heavy atom. The number of ether oxygens (including phenoxy) is 1. The van der Waals surface area contributed by atoms with E-state index in [0.29, 0.717) is 41.6 Å². The summed E-state index contributed by atoms with van der Waals surface area (Å²) in [7, 11) is -4.24. The number of benzene rings is 4. The standard InChI is InChI=1S/C49H49F2N9O7S/c50-34-17-22-58(28-34)68(65,66)55-43-10-8-41(51)46(40(43)25-52)67-37-6-9-42-39(24-37)49(64)60(29-53-42)36-4-2-35(3-5-36)57-20-13-30(14-21-57)26-56-18-15-31(16-19-56)32-1-7-38-33(23-32)27-59(48(38)63)44-11-12-45(61)54-47(44)62/h1-10,23-24,29-31,34,44,55H,11-22,26-28H2,(H,54,61,62). The van der Waals surface area contributed by atoms with Crippen LogP contribution in [0.1, 0.15) is 77.9 Å². The van der Waals surface area contributed by atoms with Crippen molar-refractivity contribution in [1.82, 2.24) is 29.0 Å². The Kier molecular flexibility index (Phi) is 12.2. The van der Waals surface area contributed by atoms with Gasteiger partial charge in [0.1, 0.15) is 35.9 Å². The first-order valence-corrected chi connectivity index (χ1v) is 24.4. The van der Waals surface area contributed by atoms with Crippen molar-refractivity contribution in [1.29, 1.82) is 5.26 Å². The molecule has 5 aliphatic heterocycles. The number of carbonyl (C=O) groups excluding carboxylic acids is 3. The van der Waals surface area contributed by atoms with Crippen LogP contribution in [-0.4, -0.2) is 108 Å². The molecule has 16 nitrogen and oxygen atoms in total. The molecule has 2 unspecified atom stereocenters. The summed E-state index contributed by atoms with van der Waals surface area (Å²) in [5, 5.41) is 12.5. The molecular weight excluding hydrogens is 897 g/mol. The van der Waals surface area contributed by atoms with Gasteiger partial charge in [-0.25, -0.2) is 13.8 Å². The van der Waals surface area contributed by atoms with Gasteiger partial charge in [0.15, 0.2) is 11.6 Å². The van der Waals surface area contributed by atoms with Crippen LogP contribution < -0.4 is 25.2 Å². The van der Waals surface area contributed by atoms with Gasteiger partial charge in [0.05, 0.1) is 22.3 Å². The van der Waals surface area contributed by atoms with Crippen molar-refractivity contribution in [3.8, 4) is 23.3 Å². The molecule has 0 aliphatic carbocycles. The molecule has 0 radical (unpaired) electrons. The Bertz CT molecular complexity index is 3040. The van der Waals surface area contributed by atoms with Crippen molar-refractivity contribution in [3.05, 3.63) is 118 Å². The maximum absolute atomic E-state index is 15.2. The molecule has 5 aliphatic rings. The zero-order valence-corrected chi connectivity index (χ0v) is 37.9. The number of aromatic nitrogens is 2. The van der Waals surface area contributed by atoms with E-state index >= 15 is 4.39 Å². The summed E-state index contributed by atoms with van der Waals surface area (Å²) in [6.07, 6.45) is 4.95. The van der Waals surface area contributed by atoms with Crippen molar-refractivity contribution in [3.63, 3.8) is 0 Å². The number of amides is 3. The van der Waals surface area contributed by atoms with Crippen LogP contribution in [0.3, 0.4) is 0 Å². The third-order valence-electron chi connectivity index (χ3n) is 14.1. The van der Waals surface area contributed by atoms with E-state index in [9.17, 15) is 37.2 Å². The minimum atomic E-state index is -4.24. The average molecular weight is 946 g/mol. The van der Waals surface area contributed by atoms with E-state index in [4.69, 9.17) is 4.74 Å². The summed E-state index contributed by atoms with van der Waals surface area (Å²) in [6.45, 7) is 4.89. The predicted molar refractivity (Wildman–Crippen MR) is 248 cm³/mol. The molecule has 4 aromatic carbocycles. The van der Waals surface area contributed by atoms with Crippen molar-refractivity contribution < 1.29 is 36.3 Å². The van der Waals surface area contributed by atoms with Crippen LogP contribution >= 0.6 is 0 Å². The maximum atomic E-state index is 15.2. The minimum absolute atomic E-state index is 0.0185. The zero-order valence-electron chi connectivity index (χ0n) is 37.1. The first kappa shape index (κ1) is 45.1. The Morgan fingerprint density at radius 1 is 0.868 bits per heavy atom. The number of likely N-dealkylation sites (tertiary alicyclic amines) is 1. The van der Waals surface area contributed by atoms with E-state index < -0.39 is 51.0 Å².